The van der Waals surface area contributed by atoms with E-state index in [4.69, 9.17) is 28.4 Å². The first-order valence-electron chi connectivity index (χ1n) is 20.6. The van der Waals surface area contributed by atoms with Crippen molar-refractivity contribution in [2.75, 3.05) is 53.9 Å². The zero-order chi connectivity index (χ0) is 47.0. The summed E-state index contributed by atoms with van der Waals surface area (Å²) in [6.07, 6.45) is 6.07. The molecule has 0 saturated heterocycles. The molecule has 2 rings (SSSR count). The van der Waals surface area contributed by atoms with Crippen molar-refractivity contribution in [1.29, 1.82) is 0 Å². The van der Waals surface area contributed by atoms with E-state index in [-0.39, 0.29) is 46.8 Å². The molecule has 63 heavy (non-hydrogen) atoms. The number of halogens is 1. The highest BCUT2D eigenvalue weighted by Gasteiger charge is 2.38. The highest BCUT2D eigenvalue weighted by atomic mass is 19.1. The average molecular weight is 881 g/mol. The lowest BCUT2D eigenvalue weighted by Crippen LogP contribution is -2.44. The van der Waals surface area contributed by atoms with Crippen molar-refractivity contribution in [3.63, 3.8) is 0 Å². The third-order valence-electron chi connectivity index (χ3n) is 9.41. The van der Waals surface area contributed by atoms with Gasteiger partial charge in [-0.3, -0.25) is 9.59 Å². The van der Waals surface area contributed by atoms with Gasteiger partial charge < -0.3 is 37.9 Å². The monoisotopic (exact) mass is 880 g/mol. The molecule has 2 aromatic rings. The second-order valence-electron chi connectivity index (χ2n) is 15.1. The molecule has 0 aromatic heterocycles. The van der Waals surface area contributed by atoms with Crippen molar-refractivity contribution in [3.05, 3.63) is 96.4 Å². The molecule has 0 fully saturated rings. The van der Waals surface area contributed by atoms with E-state index in [9.17, 15) is 28.8 Å². The van der Waals surface area contributed by atoms with E-state index < -0.39 is 86.3 Å². The summed E-state index contributed by atoms with van der Waals surface area (Å²) in [5.74, 6) is -4.99. The quantitative estimate of drug-likeness (QED) is 0.0318. The highest BCUT2D eigenvalue weighted by Crippen LogP contribution is 2.32. The Morgan fingerprint density at radius 3 is 1.59 bits per heavy atom. The predicted molar refractivity (Wildman–Crippen MR) is 232 cm³/mol. The molecular weight excluding hydrogens is 820 g/mol. The van der Waals surface area contributed by atoms with Gasteiger partial charge in [0.2, 0.25) is 0 Å². The van der Waals surface area contributed by atoms with Gasteiger partial charge in [-0.05, 0) is 74.1 Å². The summed E-state index contributed by atoms with van der Waals surface area (Å²) in [5.41, 5.74) is -0.130. The Balaban J connectivity index is 2.54. The summed E-state index contributed by atoms with van der Waals surface area (Å²) in [5, 5.41) is 0. The van der Waals surface area contributed by atoms with Crippen LogP contribution in [0.3, 0.4) is 0 Å². The number of ether oxygens (including phenoxy) is 8. The van der Waals surface area contributed by atoms with Gasteiger partial charge in [0.15, 0.2) is 11.6 Å². The van der Waals surface area contributed by atoms with Crippen LogP contribution in [0.4, 0.5) is 4.39 Å². The zero-order valence-corrected chi connectivity index (χ0v) is 37.2. The number of carbonyl (C=O) groups is 6. The number of methoxy groups -OCH3 is 2. The summed E-state index contributed by atoms with van der Waals surface area (Å²) in [7, 11) is 2.28. The molecule has 0 N–H and O–H groups in total. The van der Waals surface area contributed by atoms with Crippen molar-refractivity contribution in [2.24, 2.45) is 5.41 Å². The molecule has 0 aliphatic heterocycles. The van der Waals surface area contributed by atoms with Crippen LogP contribution in [0.15, 0.2) is 85.0 Å². The SMILES string of the molecule is C=C(C)C(=O)OCCCc1cc(-c2ccc(OCCCCCCCC)c(F)c2)ccc1OCC(COC(=O)C(=C)C)(COC(=O)C(=C)CC(=O)OC)COC(=O)C(=C)CC(=O)OC. The third kappa shape index (κ3) is 19.1. The first kappa shape index (κ1) is 52.9. The average Bonchev–Trinajstić information content (AvgIpc) is 3.26. The predicted octanol–water partition coefficient (Wildman–Crippen LogP) is 8.09. The lowest BCUT2D eigenvalue weighted by Gasteiger charge is -2.32. The molecule has 14 nitrogen and oxygen atoms in total. The number of unbranched alkanes of at least 4 members (excludes halogenated alkanes) is 5. The minimum Gasteiger partial charge on any atom is -0.492 e. The fourth-order valence-electron chi connectivity index (χ4n) is 5.61. The molecule has 0 aliphatic carbocycles. The van der Waals surface area contributed by atoms with Crippen LogP contribution in [0.5, 0.6) is 11.5 Å². The molecule has 15 heteroatoms. The zero-order valence-electron chi connectivity index (χ0n) is 37.2. The van der Waals surface area contributed by atoms with Crippen molar-refractivity contribution in [3.8, 4) is 22.6 Å². The molecule has 0 bridgehead atoms. The van der Waals surface area contributed by atoms with Crippen LogP contribution in [0.1, 0.15) is 84.1 Å². The van der Waals surface area contributed by atoms with E-state index in [1.807, 2.05) is 0 Å². The smallest absolute Gasteiger partial charge is 0.334 e. The molecule has 2 aromatic carbocycles. The van der Waals surface area contributed by atoms with E-state index in [1.165, 1.54) is 26.3 Å². The fourth-order valence-corrected chi connectivity index (χ4v) is 5.61. The van der Waals surface area contributed by atoms with E-state index in [1.54, 1.807) is 30.3 Å². The van der Waals surface area contributed by atoms with Gasteiger partial charge >= 0.3 is 35.8 Å². The maximum Gasteiger partial charge on any atom is 0.334 e. The summed E-state index contributed by atoms with van der Waals surface area (Å²) in [6.45, 7) is 17.7. The van der Waals surface area contributed by atoms with Crippen LogP contribution in [-0.4, -0.2) is 89.7 Å². The Morgan fingerprint density at radius 2 is 1.06 bits per heavy atom. The maximum atomic E-state index is 15.4. The van der Waals surface area contributed by atoms with Crippen LogP contribution >= 0.6 is 0 Å². The van der Waals surface area contributed by atoms with Crippen molar-refractivity contribution in [1.82, 2.24) is 0 Å². The van der Waals surface area contributed by atoms with Crippen LogP contribution in [0, 0.1) is 11.2 Å². The minimum atomic E-state index is -1.64. The molecular formula is C48H61FO14. The van der Waals surface area contributed by atoms with Gasteiger partial charge in [-0.2, -0.15) is 0 Å². The van der Waals surface area contributed by atoms with Crippen LogP contribution < -0.4 is 9.47 Å². The normalized spacial score (nSPS) is 10.8. The molecule has 0 aliphatic rings. The molecule has 0 atom stereocenters. The highest BCUT2D eigenvalue weighted by molar-refractivity contribution is 5.94. The Hall–Kier alpha value is -6.25. The Bertz CT molecular complexity index is 1920. The number of esters is 6. The number of rotatable bonds is 30. The number of hydrogen-bond donors (Lipinski definition) is 0. The van der Waals surface area contributed by atoms with Gasteiger partial charge in [-0.25, -0.2) is 23.6 Å². The molecule has 0 heterocycles. The van der Waals surface area contributed by atoms with Gasteiger partial charge in [0, 0.05) is 22.3 Å². The largest absolute Gasteiger partial charge is 0.492 e. The van der Waals surface area contributed by atoms with E-state index in [0.717, 1.165) is 46.3 Å². The molecule has 0 saturated carbocycles. The number of carbonyl (C=O) groups excluding carboxylic acids is 6. The molecule has 0 radical (unpaired) electrons. The van der Waals surface area contributed by atoms with E-state index in [0.29, 0.717) is 29.7 Å². The van der Waals surface area contributed by atoms with Crippen molar-refractivity contribution >= 4 is 35.8 Å². The second kappa shape index (κ2) is 27.6. The Labute approximate surface area is 369 Å². The first-order valence-corrected chi connectivity index (χ1v) is 20.6. The lowest BCUT2D eigenvalue weighted by atomic mass is 9.91. The van der Waals surface area contributed by atoms with Gasteiger partial charge in [0.05, 0.1) is 40.3 Å². The summed E-state index contributed by atoms with van der Waals surface area (Å²) < 4.78 is 58.6. The van der Waals surface area contributed by atoms with E-state index in [2.05, 4.69) is 42.7 Å². The van der Waals surface area contributed by atoms with Crippen LogP contribution in [0.25, 0.3) is 11.1 Å². The molecule has 344 valence electrons. The topological polar surface area (TPSA) is 176 Å². The molecule has 0 spiro atoms. The standard InChI is InChI=1S/C48H61FO14/c1-10-11-12-13-14-15-22-58-41-21-19-37(27-39(41)49)36-18-20-40(38(26-36)17-16-23-59-44(52)32(2)3)60-28-48(29-61-45(53)33(4)5,30-62-46(54)34(6)24-42(50)56-8)31-63-47(55)35(7)25-43(51)57-9/h18-21,26-27H,2,4,6-7,10-17,22-25,28-31H2,1,3,5,8-9H3. The number of aryl methyl sites for hydroxylation is 1. The number of benzene rings is 2. The van der Waals surface area contributed by atoms with E-state index >= 15 is 4.39 Å². The summed E-state index contributed by atoms with van der Waals surface area (Å²) in [6, 6.07) is 9.78. The molecule has 0 amide bonds. The second-order valence-corrected chi connectivity index (χ2v) is 15.1. The van der Waals surface area contributed by atoms with Crippen LogP contribution in [-0.2, 0) is 63.6 Å². The maximum absolute atomic E-state index is 15.4. The van der Waals surface area contributed by atoms with Crippen LogP contribution in [0.2, 0.25) is 0 Å². The minimum absolute atomic E-state index is 0.0340. The molecule has 0 unspecified atom stereocenters. The lowest BCUT2D eigenvalue weighted by molar-refractivity contribution is -0.161. The van der Waals surface area contributed by atoms with Gasteiger partial charge in [-0.1, -0.05) is 77.5 Å². The van der Waals surface area contributed by atoms with Crippen molar-refractivity contribution in [2.45, 2.75) is 85.0 Å². The summed E-state index contributed by atoms with van der Waals surface area (Å²) >= 11 is 0. The Kier molecular flexibility index (Phi) is 23.2. The van der Waals surface area contributed by atoms with Gasteiger partial charge in [-0.15, -0.1) is 0 Å². The number of hydrogen-bond acceptors (Lipinski definition) is 14. The fraction of sp³-hybridized carbons (Fsp3) is 0.458. The van der Waals surface area contributed by atoms with Crippen molar-refractivity contribution < 1.29 is 71.1 Å². The van der Waals surface area contributed by atoms with Gasteiger partial charge in [0.25, 0.3) is 0 Å². The summed E-state index contributed by atoms with van der Waals surface area (Å²) in [4.78, 5) is 74.6. The Morgan fingerprint density at radius 1 is 0.571 bits per heavy atom. The van der Waals surface area contributed by atoms with Gasteiger partial charge in [0.1, 0.15) is 37.6 Å². The first-order chi connectivity index (χ1) is 29.9. The third-order valence-corrected chi connectivity index (χ3v) is 9.41.